The summed E-state index contributed by atoms with van der Waals surface area (Å²) in [6, 6.07) is 3.08. The lowest BCUT2D eigenvalue weighted by atomic mass is 10.2. The Morgan fingerprint density at radius 1 is 1.25 bits per heavy atom. The highest BCUT2D eigenvalue weighted by Gasteiger charge is 2.08. The second kappa shape index (κ2) is 5.97. The van der Waals surface area contributed by atoms with Crippen LogP contribution in [-0.2, 0) is 0 Å². The van der Waals surface area contributed by atoms with Gasteiger partial charge in [0.25, 0.3) is 0 Å². The smallest absolute Gasteiger partial charge is 0.161 e. The SMILES string of the molecule is COc1cc(C=NCCO)c(OC)cc1O. The van der Waals surface area contributed by atoms with Crippen molar-refractivity contribution in [3.8, 4) is 17.2 Å². The van der Waals surface area contributed by atoms with Crippen LogP contribution >= 0.6 is 0 Å². The summed E-state index contributed by atoms with van der Waals surface area (Å²) in [5.41, 5.74) is 0.686. The Morgan fingerprint density at radius 2 is 1.94 bits per heavy atom. The van der Waals surface area contributed by atoms with Gasteiger partial charge < -0.3 is 19.7 Å². The zero-order valence-electron chi connectivity index (χ0n) is 9.30. The average Bonchev–Trinajstić information content (AvgIpc) is 2.30. The number of aliphatic imine (C=N–C) groups is 1. The Hall–Kier alpha value is -1.75. The molecule has 0 saturated carbocycles. The molecule has 0 spiro atoms. The number of phenols is 1. The van der Waals surface area contributed by atoms with E-state index in [0.717, 1.165) is 0 Å². The van der Waals surface area contributed by atoms with Gasteiger partial charge in [0, 0.05) is 17.8 Å². The first-order chi connectivity index (χ1) is 7.72. The minimum Gasteiger partial charge on any atom is -0.504 e. The Balaban J connectivity index is 3.04. The fourth-order valence-electron chi connectivity index (χ4n) is 1.23. The highest BCUT2D eigenvalue weighted by molar-refractivity contribution is 5.85. The monoisotopic (exact) mass is 225 g/mol. The van der Waals surface area contributed by atoms with E-state index in [9.17, 15) is 5.11 Å². The van der Waals surface area contributed by atoms with Gasteiger partial charge in [0.15, 0.2) is 11.5 Å². The van der Waals surface area contributed by atoms with Crippen molar-refractivity contribution in [2.24, 2.45) is 4.99 Å². The summed E-state index contributed by atoms with van der Waals surface area (Å²) in [5.74, 6) is 0.866. The van der Waals surface area contributed by atoms with Crippen LogP contribution in [-0.4, -0.2) is 43.8 Å². The number of hydrogen-bond donors (Lipinski definition) is 2. The predicted octanol–water partition coefficient (Wildman–Crippen LogP) is 0.821. The van der Waals surface area contributed by atoms with Crippen molar-refractivity contribution in [1.29, 1.82) is 0 Å². The third-order valence-electron chi connectivity index (χ3n) is 1.99. The molecule has 0 aliphatic heterocycles. The van der Waals surface area contributed by atoms with Crippen molar-refractivity contribution in [3.63, 3.8) is 0 Å². The second-order valence-corrected chi connectivity index (χ2v) is 3.02. The maximum Gasteiger partial charge on any atom is 0.161 e. The van der Waals surface area contributed by atoms with Crippen LogP contribution in [0.4, 0.5) is 0 Å². The van der Waals surface area contributed by atoms with Gasteiger partial charge in [0.1, 0.15) is 5.75 Å². The Labute approximate surface area is 94.0 Å². The maximum absolute atomic E-state index is 9.53. The highest BCUT2D eigenvalue weighted by atomic mass is 16.5. The van der Waals surface area contributed by atoms with Crippen LogP contribution in [0, 0.1) is 0 Å². The predicted molar refractivity (Wildman–Crippen MR) is 60.8 cm³/mol. The fraction of sp³-hybridized carbons (Fsp3) is 0.364. The molecule has 0 radical (unpaired) electrons. The van der Waals surface area contributed by atoms with Crippen molar-refractivity contribution >= 4 is 6.21 Å². The molecule has 1 aromatic rings. The van der Waals surface area contributed by atoms with Crippen LogP contribution in [0.15, 0.2) is 17.1 Å². The molecule has 1 aromatic carbocycles. The molecule has 0 aromatic heterocycles. The summed E-state index contributed by atoms with van der Waals surface area (Å²) in [4.78, 5) is 3.98. The largest absolute Gasteiger partial charge is 0.504 e. The summed E-state index contributed by atoms with van der Waals surface area (Å²) in [6.45, 7) is 0.320. The van der Waals surface area contributed by atoms with Crippen LogP contribution in [0.1, 0.15) is 5.56 Å². The van der Waals surface area contributed by atoms with Gasteiger partial charge in [-0.2, -0.15) is 0 Å². The van der Waals surface area contributed by atoms with Crippen molar-refractivity contribution in [2.75, 3.05) is 27.4 Å². The van der Waals surface area contributed by atoms with E-state index in [0.29, 0.717) is 23.6 Å². The lowest BCUT2D eigenvalue weighted by molar-refractivity contribution is 0.307. The number of benzene rings is 1. The van der Waals surface area contributed by atoms with E-state index in [1.807, 2.05) is 0 Å². The standard InChI is InChI=1S/C11H15NO4/c1-15-10-6-9(14)11(16-2)5-8(10)7-12-3-4-13/h5-7,13-14H,3-4H2,1-2H3. The fourth-order valence-corrected chi connectivity index (χ4v) is 1.23. The molecule has 0 bridgehead atoms. The molecule has 16 heavy (non-hydrogen) atoms. The molecular formula is C11H15NO4. The molecule has 0 saturated heterocycles. The number of rotatable bonds is 5. The minimum absolute atomic E-state index is 0.00592. The third-order valence-corrected chi connectivity index (χ3v) is 1.99. The minimum atomic E-state index is -0.00592. The first kappa shape index (κ1) is 12.3. The zero-order valence-corrected chi connectivity index (χ0v) is 9.30. The second-order valence-electron chi connectivity index (χ2n) is 3.02. The first-order valence-electron chi connectivity index (χ1n) is 4.78. The number of methoxy groups -OCH3 is 2. The van der Waals surface area contributed by atoms with Gasteiger partial charge in [0.2, 0.25) is 0 Å². The first-order valence-corrected chi connectivity index (χ1v) is 4.78. The molecular weight excluding hydrogens is 210 g/mol. The van der Waals surface area contributed by atoms with Gasteiger partial charge in [-0.1, -0.05) is 0 Å². The summed E-state index contributed by atoms with van der Waals surface area (Å²) >= 11 is 0. The van der Waals surface area contributed by atoms with Crippen molar-refractivity contribution in [2.45, 2.75) is 0 Å². The number of aliphatic hydroxyl groups excluding tert-OH is 1. The molecule has 0 unspecified atom stereocenters. The van der Waals surface area contributed by atoms with Gasteiger partial charge in [-0.25, -0.2) is 0 Å². The molecule has 0 aliphatic carbocycles. The number of aromatic hydroxyl groups is 1. The van der Waals surface area contributed by atoms with Gasteiger partial charge >= 0.3 is 0 Å². The molecule has 2 N–H and O–H groups in total. The third kappa shape index (κ3) is 2.87. The molecule has 0 fully saturated rings. The summed E-state index contributed by atoms with van der Waals surface area (Å²) < 4.78 is 10.1. The van der Waals surface area contributed by atoms with Crippen LogP contribution in [0.2, 0.25) is 0 Å². The van der Waals surface area contributed by atoms with E-state index in [4.69, 9.17) is 14.6 Å². The molecule has 1 rings (SSSR count). The van der Waals surface area contributed by atoms with E-state index < -0.39 is 0 Å². The van der Waals surface area contributed by atoms with Gasteiger partial charge in [-0.3, -0.25) is 4.99 Å². The van der Waals surface area contributed by atoms with E-state index in [1.165, 1.54) is 20.3 Å². The topological polar surface area (TPSA) is 71.3 Å². The van der Waals surface area contributed by atoms with E-state index in [1.54, 1.807) is 12.3 Å². The highest BCUT2D eigenvalue weighted by Crippen LogP contribution is 2.32. The molecule has 0 atom stereocenters. The van der Waals surface area contributed by atoms with Crippen LogP contribution in [0.3, 0.4) is 0 Å². The maximum atomic E-state index is 9.53. The Kier molecular flexibility index (Phi) is 4.60. The van der Waals surface area contributed by atoms with Gasteiger partial charge in [0.05, 0.1) is 27.4 Å². The average molecular weight is 225 g/mol. The molecule has 0 heterocycles. The van der Waals surface area contributed by atoms with Crippen LogP contribution in [0.25, 0.3) is 0 Å². The number of nitrogens with zero attached hydrogens (tertiary/aromatic N) is 1. The number of aliphatic hydroxyl groups is 1. The zero-order chi connectivity index (χ0) is 12.0. The normalized spacial score (nSPS) is 10.7. The molecule has 0 aliphatic rings. The lowest BCUT2D eigenvalue weighted by Crippen LogP contribution is -1.95. The number of phenolic OH excluding ortho intramolecular Hbond substituents is 1. The summed E-state index contributed by atoms with van der Waals surface area (Å²) in [7, 11) is 2.97. The van der Waals surface area contributed by atoms with Crippen LogP contribution in [0.5, 0.6) is 17.2 Å². The Bertz CT molecular complexity index is 376. The quantitative estimate of drug-likeness (QED) is 0.728. The molecule has 0 amide bonds. The lowest BCUT2D eigenvalue weighted by Gasteiger charge is -2.08. The molecule has 5 heteroatoms. The molecule has 88 valence electrons. The van der Waals surface area contributed by atoms with E-state index in [2.05, 4.69) is 4.99 Å². The van der Waals surface area contributed by atoms with Crippen molar-refractivity contribution in [1.82, 2.24) is 0 Å². The van der Waals surface area contributed by atoms with Gasteiger partial charge in [-0.15, -0.1) is 0 Å². The van der Waals surface area contributed by atoms with E-state index in [-0.39, 0.29) is 12.4 Å². The summed E-state index contributed by atoms with van der Waals surface area (Å²) in [5, 5.41) is 18.1. The van der Waals surface area contributed by atoms with E-state index >= 15 is 0 Å². The Morgan fingerprint density at radius 3 is 2.50 bits per heavy atom. The van der Waals surface area contributed by atoms with Gasteiger partial charge in [-0.05, 0) is 6.07 Å². The molecule has 5 nitrogen and oxygen atoms in total. The van der Waals surface area contributed by atoms with Crippen molar-refractivity contribution < 1.29 is 19.7 Å². The number of ether oxygens (including phenoxy) is 2. The van der Waals surface area contributed by atoms with Crippen LogP contribution < -0.4 is 9.47 Å². The van der Waals surface area contributed by atoms with Crippen molar-refractivity contribution in [3.05, 3.63) is 17.7 Å². The summed E-state index contributed by atoms with van der Waals surface area (Å²) in [6.07, 6.45) is 1.57. The number of hydrogen-bond acceptors (Lipinski definition) is 5.